The Balaban J connectivity index is 2.10. The van der Waals surface area contributed by atoms with Crippen molar-refractivity contribution in [2.45, 2.75) is 6.92 Å². The Labute approximate surface area is 122 Å². The second kappa shape index (κ2) is 5.99. The van der Waals surface area contributed by atoms with Crippen LogP contribution in [0.5, 0.6) is 5.75 Å². The number of phenols is 1. The standard InChI is InChI=1S/C13H11BrN2O2S/c1-8(11-6-7-12(14)19-11)15-16-13(18)9-4-2-3-5-10(9)17/h2-7,17H,1H3,(H,16,18)/b15-8+. The van der Waals surface area contributed by atoms with Gasteiger partial charge in [0.15, 0.2) is 0 Å². The molecule has 0 saturated heterocycles. The number of carbonyl (C=O) groups excluding carboxylic acids is 1. The maximum Gasteiger partial charge on any atom is 0.275 e. The van der Waals surface area contributed by atoms with Crippen LogP contribution in [0.25, 0.3) is 0 Å². The summed E-state index contributed by atoms with van der Waals surface area (Å²) in [6.07, 6.45) is 0. The first kappa shape index (κ1) is 13.8. The van der Waals surface area contributed by atoms with Gasteiger partial charge in [0.1, 0.15) is 5.75 Å². The van der Waals surface area contributed by atoms with Crippen molar-refractivity contribution in [3.8, 4) is 5.75 Å². The lowest BCUT2D eigenvalue weighted by molar-refractivity contribution is 0.0952. The van der Waals surface area contributed by atoms with Gasteiger partial charge in [-0.05, 0) is 47.1 Å². The summed E-state index contributed by atoms with van der Waals surface area (Å²) >= 11 is 4.90. The molecule has 1 aromatic heterocycles. The van der Waals surface area contributed by atoms with E-state index in [1.807, 2.05) is 19.1 Å². The summed E-state index contributed by atoms with van der Waals surface area (Å²) in [5.41, 5.74) is 3.34. The molecule has 0 aliphatic rings. The van der Waals surface area contributed by atoms with E-state index in [9.17, 15) is 9.90 Å². The van der Waals surface area contributed by atoms with E-state index in [0.717, 1.165) is 8.66 Å². The molecule has 19 heavy (non-hydrogen) atoms. The monoisotopic (exact) mass is 338 g/mol. The van der Waals surface area contributed by atoms with Gasteiger partial charge in [0, 0.05) is 0 Å². The van der Waals surface area contributed by atoms with Crippen molar-refractivity contribution in [1.82, 2.24) is 5.43 Å². The highest BCUT2D eigenvalue weighted by Crippen LogP contribution is 2.22. The van der Waals surface area contributed by atoms with Crippen LogP contribution in [0.2, 0.25) is 0 Å². The average Bonchev–Trinajstić information content (AvgIpc) is 2.83. The number of halogens is 1. The predicted molar refractivity (Wildman–Crippen MR) is 79.8 cm³/mol. The van der Waals surface area contributed by atoms with Crippen LogP contribution < -0.4 is 5.43 Å². The average molecular weight is 339 g/mol. The molecule has 0 saturated carbocycles. The number of hydrogen-bond acceptors (Lipinski definition) is 4. The molecular formula is C13H11BrN2O2S. The maximum absolute atomic E-state index is 11.8. The number of aromatic hydroxyl groups is 1. The number of thiophene rings is 1. The lowest BCUT2D eigenvalue weighted by atomic mass is 10.2. The number of rotatable bonds is 3. The van der Waals surface area contributed by atoms with Gasteiger partial charge >= 0.3 is 0 Å². The Morgan fingerprint density at radius 1 is 1.32 bits per heavy atom. The Kier molecular flexibility index (Phi) is 4.34. The zero-order valence-corrected chi connectivity index (χ0v) is 12.5. The fourth-order valence-electron chi connectivity index (χ4n) is 1.42. The zero-order chi connectivity index (χ0) is 13.8. The van der Waals surface area contributed by atoms with Crippen molar-refractivity contribution >= 4 is 38.9 Å². The fraction of sp³-hybridized carbons (Fsp3) is 0.0769. The molecule has 0 bridgehead atoms. The first-order chi connectivity index (χ1) is 9.08. The van der Waals surface area contributed by atoms with Crippen LogP contribution in [-0.2, 0) is 0 Å². The normalized spacial score (nSPS) is 11.4. The van der Waals surface area contributed by atoms with Crippen LogP contribution in [0.1, 0.15) is 22.2 Å². The lowest BCUT2D eigenvalue weighted by Crippen LogP contribution is -2.19. The number of hydrazone groups is 1. The minimum absolute atomic E-state index is 0.0632. The molecule has 0 unspecified atom stereocenters. The van der Waals surface area contributed by atoms with E-state index in [1.165, 1.54) is 23.5 Å². The Bertz CT molecular complexity index is 637. The van der Waals surface area contributed by atoms with E-state index in [4.69, 9.17) is 0 Å². The minimum Gasteiger partial charge on any atom is -0.507 e. The van der Waals surface area contributed by atoms with Gasteiger partial charge < -0.3 is 5.11 Å². The number of para-hydroxylation sites is 1. The molecule has 1 heterocycles. The molecular weight excluding hydrogens is 328 g/mol. The second-order valence-electron chi connectivity index (χ2n) is 3.76. The van der Waals surface area contributed by atoms with Crippen LogP contribution in [0.3, 0.4) is 0 Å². The van der Waals surface area contributed by atoms with E-state index < -0.39 is 5.91 Å². The van der Waals surface area contributed by atoms with Crippen LogP contribution in [0.4, 0.5) is 0 Å². The number of amides is 1. The van der Waals surface area contributed by atoms with Gasteiger partial charge in [-0.1, -0.05) is 12.1 Å². The number of phenolic OH excluding ortho intramolecular Hbond substituents is 1. The van der Waals surface area contributed by atoms with Crippen molar-refractivity contribution < 1.29 is 9.90 Å². The van der Waals surface area contributed by atoms with Gasteiger partial charge in [-0.3, -0.25) is 4.79 Å². The topological polar surface area (TPSA) is 61.7 Å². The first-order valence-electron chi connectivity index (χ1n) is 5.46. The Hall–Kier alpha value is -1.66. The van der Waals surface area contributed by atoms with Crippen molar-refractivity contribution in [3.05, 3.63) is 50.6 Å². The van der Waals surface area contributed by atoms with Gasteiger partial charge in [-0.15, -0.1) is 11.3 Å². The minimum atomic E-state index is -0.437. The molecule has 98 valence electrons. The molecule has 2 aromatic rings. The van der Waals surface area contributed by atoms with Crippen LogP contribution >= 0.6 is 27.3 Å². The Morgan fingerprint density at radius 2 is 2.05 bits per heavy atom. The number of nitrogens with zero attached hydrogens (tertiary/aromatic N) is 1. The SMILES string of the molecule is C/C(=N\NC(=O)c1ccccc1O)c1ccc(Br)s1. The molecule has 0 radical (unpaired) electrons. The molecule has 2 N–H and O–H groups in total. The summed E-state index contributed by atoms with van der Waals surface area (Å²) in [6, 6.07) is 10.2. The van der Waals surface area contributed by atoms with E-state index >= 15 is 0 Å². The van der Waals surface area contributed by atoms with E-state index in [1.54, 1.807) is 12.1 Å². The van der Waals surface area contributed by atoms with E-state index in [2.05, 4.69) is 26.5 Å². The second-order valence-corrected chi connectivity index (χ2v) is 6.22. The van der Waals surface area contributed by atoms with Gasteiger partial charge in [0.25, 0.3) is 5.91 Å². The first-order valence-corrected chi connectivity index (χ1v) is 7.07. The maximum atomic E-state index is 11.8. The van der Waals surface area contributed by atoms with Gasteiger partial charge in [-0.25, -0.2) is 5.43 Å². The molecule has 0 aliphatic carbocycles. The molecule has 6 heteroatoms. The summed E-state index contributed by atoms with van der Waals surface area (Å²) < 4.78 is 1.00. The van der Waals surface area contributed by atoms with Crippen LogP contribution in [0, 0.1) is 0 Å². The summed E-state index contributed by atoms with van der Waals surface area (Å²) in [5.74, 6) is -0.500. The van der Waals surface area contributed by atoms with Crippen molar-refractivity contribution in [2.24, 2.45) is 5.10 Å². The fourth-order valence-corrected chi connectivity index (χ4v) is 2.76. The summed E-state index contributed by atoms with van der Waals surface area (Å²) in [6.45, 7) is 1.81. The molecule has 1 aromatic carbocycles. The molecule has 2 rings (SSSR count). The smallest absolute Gasteiger partial charge is 0.275 e. The van der Waals surface area contributed by atoms with Crippen molar-refractivity contribution in [3.63, 3.8) is 0 Å². The molecule has 4 nitrogen and oxygen atoms in total. The molecule has 0 fully saturated rings. The summed E-state index contributed by atoms with van der Waals surface area (Å²) in [7, 11) is 0. The molecule has 0 aliphatic heterocycles. The third kappa shape index (κ3) is 3.42. The molecule has 0 spiro atoms. The highest BCUT2D eigenvalue weighted by Gasteiger charge is 2.09. The van der Waals surface area contributed by atoms with Gasteiger partial charge in [-0.2, -0.15) is 5.10 Å². The lowest BCUT2D eigenvalue weighted by Gasteiger charge is -2.03. The number of carbonyl (C=O) groups is 1. The number of hydrogen-bond donors (Lipinski definition) is 2. The molecule has 1 amide bonds. The van der Waals surface area contributed by atoms with Crippen LogP contribution in [-0.4, -0.2) is 16.7 Å². The predicted octanol–water partition coefficient (Wildman–Crippen LogP) is 3.37. The Morgan fingerprint density at radius 3 is 2.68 bits per heavy atom. The summed E-state index contributed by atoms with van der Waals surface area (Å²) in [4.78, 5) is 12.8. The largest absolute Gasteiger partial charge is 0.507 e. The quantitative estimate of drug-likeness (QED) is 0.665. The summed E-state index contributed by atoms with van der Waals surface area (Å²) in [5, 5.41) is 13.6. The zero-order valence-electron chi connectivity index (χ0n) is 10.1. The van der Waals surface area contributed by atoms with Crippen molar-refractivity contribution in [1.29, 1.82) is 0 Å². The third-order valence-corrected chi connectivity index (χ3v) is 4.14. The highest BCUT2D eigenvalue weighted by molar-refractivity contribution is 9.11. The van der Waals surface area contributed by atoms with Crippen LogP contribution in [0.15, 0.2) is 45.3 Å². The van der Waals surface area contributed by atoms with Crippen molar-refractivity contribution in [2.75, 3.05) is 0 Å². The van der Waals surface area contributed by atoms with Gasteiger partial charge in [0.2, 0.25) is 0 Å². The third-order valence-electron chi connectivity index (χ3n) is 2.40. The van der Waals surface area contributed by atoms with E-state index in [0.29, 0.717) is 5.71 Å². The molecule has 0 atom stereocenters. The number of benzene rings is 1. The van der Waals surface area contributed by atoms with Gasteiger partial charge in [0.05, 0.1) is 19.9 Å². The van der Waals surface area contributed by atoms with E-state index in [-0.39, 0.29) is 11.3 Å². The number of nitrogens with one attached hydrogen (secondary N) is 1. The highest BCUT2D eigenvalue weighted by atomic mass is 79.9.